The van der Waals surface area contributed by atoms with Crippen LogP contribution in [-0.2, 0) is 10.0 Å². The zero-order valence-electron chi connectivity index (χ0n) is 10.3. The van der Waals surface area contributed by atoms with E-state index in [0.717, 1.165) is 12.8 Å². The number of hydrogen-bond donors (Lipinski definition) is 1. The van der Waals surface area contributed by atoms with Crippen LogP contribution in [0, 0.1) is 0 Å². The van der Waals surface area contributed by atoms with Gasteiger partial charge in [0.05, 0.1) is 0 Å². The zero-order chi connectivity index (χ0) is 13.8. The van der Waals surface area contributed by atoms with E-state index in [-0.39, 0.29) is 4.90 Å². The monoisotopic (exact) mass is 398 g/mol. The minimum atomic E-state index is -3.55. The molecule has 0 radical (unpaired) electrons. The summed E-state index contributed by atoms with van der Waals surface area (Å²) >= 11 is 6.60. The van der Waals surface area contributed by atoms with Gasteiger partial charge in [0.25, 0.3) is 0 Å². The molecule has 1 heterocycles. The summed E-state index contributed by atoms with van der Waals surface area (Å²) in [5.41, 5.74) is -0.457. The minimum absolute atomic E-state index is 0.170. The fourth-order valence-electron chi connectivity index (χ4n) is 1.49. The molecule has 0 aliphatic heterocycles. The highest BCUT2D eigenvalue weighted by Gasteiger charge is 2.31. The lowest BCUT2D eigenvalue weighted by atomic mass is 9.97. The Hall–Kier alpha value is 0.0200. The first kappa shape index (κ1) is 16.1. The lowest BCUT2D eigenvalue weighted by molar-refractivity contribution is 0.398. The second-order valence-corrected chi connectivity index (χ2v) is 7.22. The Kier molecular flexibility index (Phi) is 5.76. The largest absolute Gasteiger partial charge is 0.262 e. The molecule has 0 aliphatic rings. The second-order valence-electron chi connectivity index (χ2n) is 4.07. The third-order valence-corrected chi connectivity index (χ3v) is 6.00. The van der Waals surface area contributed by atoms with Crippen LogP contribution in [0.5, 0.6) is 0 Å². The second kappa shape index (κ2) is 6.45. The first-order valence-corrected chi connectivity index (χ1v) is 8.99. The minimum Gasteiger partial charge on any atom is -0.262 e. The number of alkyl halides is 1. The van der Waals surface area contributed by atoms with E-state index in [1.807, 2.05) is 13.8 Å². The summed E-state index contributed by atoms with van der Waals surface area (Å²) in [7, 11) is -3.55. The highest BCUT2D eigenvalue weighted by atomic mass is 79.9. The third-order valence-electron chi connectivity index (χ3n) is 2.95. The van der Waals surface area contributed by atoms with Crippen LogP contribution >= 0.6 is 31.9 Å². The van der Waals surface area contributed by atoms with Gasteiger partial charge in [-0.25, -0.2) is 13.1 Å². The van der Waals surface area contributed by atoms with Gasteiger partial charge < -0.3 is 0 Å². The summed E-state index contributed by atoms with van der Waals surface area (Å²) in [6.45, 7) is 3.93. The normalized spacial score (nSPS) is 12.7. The fourth-order valence-corrected chi connectivity index (χ4v) is 4.66. The highest BCUT2D eigenvalue weighted by Crippen LogP contribution is 2.22. The molecule has 0 bridgehead atoms. The molecule has 0 unspecified atom stereocenters. The maximum Gasteiger partial charge on any atom is 0.242 e. The maximum absolute atomic E-state index is 12.3. The average Bonchev–Trinajstić information content (AvgIpc) is 2.36. The standard InChI is InChI=1S/C11H16Br2N2O2S/c1-3-11(4-2,8-12)15-18(16,17)10-5-9(13)6-14-7-10/h5-7,15H,3-4,8H2,1-2H3. The smallest absolute Gasteiger partial charge is 0.242 e. The Morgan fingerprint density at radius 3 is 2.39 bits per heavy atom. The van der Waals surface area contributed by atoms with Crippen molar-refractivity contribution in [3.8, 4) is 0 Å². The van der Waals surface area contributed by atoms with Crippen molar-refractivity contribution < 1.29 is 8.42 Å². The van der Waals surface area contributed by atoms with E-state index in [1.165, 1.54) is 6.20 Å². The fraction of sp³-hybridized carbons (Fsp3) is 0.545. The van der Waals surface area contributed by atoms with Crippen molar-refractivity contribution in [2.24, 2.45) is 0 Å². The van der Waals surface area contributed by atoms with Crippen molar-refractivity contribution in [2.45, 2.75) is 37.1 Å². The van der Waals surface area contributed by atoms with Crippen molar-refractivity contribution >= 4 is 41.9 Å². The zero-order valence-corrected chi connectivity index (χ0v) is 14.3. The van der Waals surface area contributed by atoms with Crippen LogP contribution in [-0.4, -0.2) is 24.3 Å². The average molecular weight is 400 g/mol. The van der Waals surface area contributed by atoms with Crippen LogP contribution in [0.4, 0.5) is 0 Å². The third kappa shape index (κ3) is 3.76. The molecule has 0 atom stereocenters. The molecular weight excluding hydrogens is 384 g/mol. The number of hydrogen-bond acceptors (Lipinski definition) is 3. The van der Waals surface area contributed by atoms with Crippen LogP contribution in [0.15, 0.2) is 27.8 Å². The molecule has 18 heavy (non-hydrogen) atoms. The van der Waals surface area contributed by atoms with Gasteiger partial charge in [0, 0.05) is 27.7 Å². The number of nitrogens with one attached hydrogen (secondary N) is 1. The number of nitrogens with zero attached hydrogens (tertiary/aromatic N) is 1. The quantitative estimate of drug-likeness (QED) is 0.747. The van der Waals surface area contributed by atoms with Crippen molar-refractivity contribution in [1.29, 1.82) is 0 Å². The molecule has 7 heteroatoms. The van der Waals surface area contributed by atoms with Crippen LogP contribution < -0.4 is 4.72 Å². The molecule has 0 aromatic carbocycles. The summed E-state index contributed by atoms with van der Waals surface area (Å²) in [5.74, 6) is 0. The van der Waals surface area contributed by atoms with E-state index in [4.69, 9.17) is 0 Å². The van der Waals surface area contributed by atoms with Gasteiger partial charge >= 0.3 is 0 Å². The molecule has 0 saturated heterocycles. The molecule has 102 valence electrons. The van der Waals surface area contributed by atoms with Gasteiger partial charge in [0.2, 0.25) is 10.0 Å². The van der Waals surface area contributed by atoms with E-state index in [9.17, 15) is 8.42 Å². The first-order valence-electron chi connectivity index (χ1n) is 5.59. The Morgan fingerprint density at radius 1 is 1.33 bits per heavy atom. The van der Waals surface area contributed by atoms with Crippen molar-refractivity contribution in [3.63, 3.8) is 0 Å². The highest BCUT2D eigenvalue weighted by molar-refractivity contribution is 9.10. The van der Waals surface area contributed by atoms with E-state index in [0.29, 0.717) is 9.80 Å². The van der Waals surface area contributed by atoms with E-state index >= 15 is 0 Å². The summed E-state index contributed by atoms with van der Waals surface area (Å²) in [6, 6.07) is 1.54. The van der Waals surface area contributed by atoms with Crippen molar-refractivity contribution in [1.82, 2.24) is 9.71 Å². The van der Waals surface area contributed by atoms with Crippen molar-refractivity contribution in [2.75, 3.05) is 5.33 Å². The molecule has 0 spiro atoms. The SMILES string of the molecule is CCC(CC)(CBr)NS(=O)(=O)c1cncc(Br)c1. The molecule has 0 amide bonds. The van der Waals surface area contributed by atoms with Crippen LogP contribution in [0.25, 0.3) is 0 Å². The van der Waals surface area contributed by atoms with Crippen molar-refractivity contribution in [3.05, 3.63) is 22.9 Å². The first-order chi connectivity index (χ1) is 8.39. The summed E-state index contributed by atoms with van der Waals surface area (Å²) in [5, 5.41) is 0.577. The number of halogens is 2. The van der Waals surface area contributed by atoms with Gasteiger partial charge in [-0.05, 0) is 34.8 Å². The van der Waals surface area contributed by atoms with Gasteiger partial charge in [-0.1, -0.05) is 29.8 Å². The van der Waals surface area contributed by atoms with E-state index in [1.54, 1.807) is 12.3 Å². The van der Waals surface area contributed by atoms with Crippen LogP contribution in [0.2, 0.25) is 0 Å². The Morgan fingerprint density at radius 2 is 1.94 bits per heavy atom. The van der Waals surface area contributed by atoms with Gasteiger partial charge in [-0.2, -0.15) is 0 Å². The lowest BCUT2D eigenvalue weighted by Gasteiger charge is -2.30. The van der Waals surface area contributed by atoms with Crippen LogP contribution in [0.1, 0.15) is 26.7 Å². The van der Waals surface area contributed by atoms with E-state index in [2.05, 4.69) is 41.6 Å². The molecule has 4 nitrogen and oxygen atoms in total. The molecule has 0 saturated carbocycles. The summed E-state index contributed by atoms with van der Waals surface area (Å²) in [6.07, 6.45) is 4.33. The Balaban J connectivity index is 3.08. The topological polar surface area (TPSA) is 59.1 Å². The number of aromatic nitrogens is 1. The maximum atomic E-state index is 12.3. The van der Waals surface area contributed by atoms with Crippen LogP contribution in [0.3, 0.4) is 0 Å². The molecule has 1 N–H and O–H groups in total. The summed E-state index contributed by atoms with van der Waals surface area (Å²) in [4.78, 5) is 4.05. The number of rotatable bonds is 6. The molecule has 0 fully saturated rings. The van der Waals surface area contributed by atoms with Gasteiger partial charge in [0.1, 0.15) is 4.90 Å². The predicted octanol–water partition coefficient (Wildman–Crippen LogP) is 3.08. The van der Waals surface area contributed by atoms with Gasteiger partial charge in [-0.3, -0.25) is 4.98 Å². The van der Waals surface area contributed by atoms with Gasteiger partial charge in [0.15, 0.2) is 0 Å². The number of sulfonamides is 1. The molecular formula is C11H16Br2N2O2S. The lowest BCUT2D eigenvalue weighted by Crippen LogP contribution is -2.48. The Bertz CT molecular complexity index is 493. The molecule has 1 aromatic rings. The molecule has 0 aliphatic carbocycles. The number of pyridine rings is 1. The Labute approximate surface area is 125 Å². The van der Waals surface area contributed by atoms with Gasteiger partial charge in [-0.15, -0.1) is 0 Å². The molecule has 1 rings (SSSR count). The molecule has 1 aromatic heterocycles. The van der Waals surface area contributed by atoms with E-state index < -0.39 is 15.6 Å². The predicted molar refractivity (Wildman–Crippen MR) is 79.4 cm³/mol. The summed E-state index contributed by atoms with van der Waals surface area (Å²) < 4.78 is 28.0.